The first-order valence-corrected chi connectivity index (χ1v) is 5.74. The third-order valence-corrected chi connectivity index (χ3v) is 2.41. The van der Waals surface area contributed by atoms with Crippen molar-refractivity contribution in [1.29, 1.82) is 0 Å². The van der Waals surface area contributed by atoms with Crippen LogP contribution in [0.25, 0.3) is 0 Å². The van der Waals surface area contributed by atoms with Crippen molar-refractivity contribution in [3.05, 3.63) is 18.6 Å². The molecule has 0 aliphatic rings. The maximum atomic E-state index is 10.9. The lowest BCUT2D eigenvalue weighted by Crippen LogP contribution is -2.22. The van der Waals surface area contributed by atoms with E-state index in [9.17, 15) is 4.21 Å². The van der Waals surface area contributed by atoms with Gasteiger partial charge in [0.1, 0.15) is 5.82 Å². The Labute approximate surface area is 80.3 Å². The Kier molecular flexibility index (Phi) is 3.82. The number of anilines is 1. The quantitative estimate of drug-likeness (QED) is 0.773. The lowest BCUT2D eigenvalue weighted by atomic mass is 10.4. The molecule has 1 aromatic heterocycles. The number of hydrogen-bond acceptors (Lipinski definition) is 4. The van der Waals surface area contributed by atoms with Crippen molar-refractivity contribution in [3.8, 4) is 0 Å². The van der Waals surface area contributed by atoms with E-state index in [0.29, 0.717) is 5.75 Å². The van der Waals surface area contributed by atoms with E-state index in [1.54, 1.807) is 24.8 Å². The van der Waals surface area contributed by atoms with Gasteiger partial charge in [-0.15, -0.1) is 0 Å². The fourth-order valence-corrected chi connectivity index (χ4v) is 1.81. The monoisotopic (exact) mass is 199 g/mol. The molecule has 0 fully saturated rings. The summed E-state index contributed by atoms with van der Waals surface area (Å²) in [5, 5.41) is 3.11. The Hall–Kier alpha value is -0.970. The second kappa shape index (κ2) is 4.91. The second-order valence-corrected chi connectivity index (χ2v) is 4.36. The van der Waals surface area contributed by atoms with Gasteiger partial charge in [0.05, 0.1) is 6.20 Å². The zero-order valence-corrected chi connectivity index (χ0v) is 8.54. The molecule has 13 heavy (non-hydrogen) atoms. The fourth-order valence-electron chi connectivity index (χ4n) is 1.02. The Bertz CT molecular complexity index is 278. The Morgan fingerprint density at radius 3 is 2.92 bits per heavy atom. The van der Waals surface area contributed by atoms with Crippen molar-refractivity contribution in [1.82, 2.24) is 9.97 Å². The molecule has 0 saturated heterocycles. The maximum absolute atomic E-state index is 10.9. The number of aromatic nitrogens is 2. The maximum Gasteiger partial charge on any atom is 0.144 e. The van der Waals surface area contributed by atoms with E-state index >= 15 is 0 Å². The predicted molar refractivity (Wildman–Crippen MR) is 54.1 cm³/mol. The highest BCUT2D eigenvalue weighted by molar-refractivity contribution is 7.84. The first kappa shape index (κ1) is 10.1. The molecule has 0 amide bonds. The van der Waals surface area contributed by atoms with Crippen LogP contribution >= 0.6 is 0 Å². The average Bonchev–Trinajstić information content (AvgIpc) is 2.04. The van der Waals surface area contributed by atoms with Gasteiger partial charge in [-0.25, -0.2) is 4.98 Å². The summed E-state index contributed by atoms with van der Waals surface area (Å²) >= 11 is 0. The normalized spacial score (nSPS) is 14.9. The molecule has 0 radical (unpaired) electrons. The molecule has 0 aromatic carbocycles. The summed E-state index contributed by atoms with van der Waals surface area (Å²) in [6, 6.07) is 0.155. The van der Waals surface area contributed by atoms with Crippen LogP contribution in [-0.2, 0) is 10.8 Å². The smallest absolute Gasteiger partial charge is 0.144 e. The molecular weight excluding hydrogens is 186 g/mol. The highest BCUT2D eigenvalue weighted by atomic mass is 32.2. The zero-order valence-electron chi connectivity index (χ0n) is 7.73. The van der Waals surface area contributed by atoms with Crippen molar-refractivity contribution in [2.75, 3.05) is 17.3 Å². The summed E-state index contributed by atoms with van der Waals surface area (Å²) in [6.45, 7) is 1.97. The van der Waals surface area contributed by atoms with E-state index in [1.807, 2.05) is 6.92 Å². The van der Waals surface area contributed by atoms with Gasteiger partial charge in [-0.1, -0.05) is 0 Å². The first-order valence-electron chi connectivity index (χ1n) is 4.01. The molecule has 0 aliphatic heterocycles. The molecule has 72 valence electrons. The molecule has 2 unspecified atom stereocenters. The summed E-state index contributed by atoms with van der Waals surface area (Å²) in [5.41, 5.74) is 0. The lowest BCUT2D eigenvalue weighted by Gasteiger charge is -2.11. The van der Waals surface area contributed by atoms with Crippen LogP contribution in [0, 0.1) is 0 Å². The lowest BCUT2D eigenvalue weighted by molar-refractivity contribution is 0.683. The summed E-state index contributed by atoms with van der Waals surface area (Å²) in [5.74, 6) is 1.34. The topological polar surface area (TPSA) is 54.9 Å². The predicted octanol–water partition coefficient (Wildman–Crippen LogP) is 0.655. The van der Waals surface area contributed by atoms with Gasteiger partial charge in [0.25, 0.3) is 0 Å². The van der Waals surface area contributed by atoms with Crippen LogP contribution in [0.2, 0.25) is 0 Å². The Morgan fingerprint density at radius 1 is 1.62 bits per heavy atom. The summed E-state index contributed by atoms with van der Waals surface area (Å²) in [6.07, 6.45) is 6.58. The van der Waals surface area contributed by atoms with E-state index in [-0.39, 0.29) is 6.04 Å². The van der Waals surface area contributed by atoms with Crippen LogP contribution in [0.1, 0.15) is 6.92 Å². The third kappa shape index (κ3) is 3.98. The number of nitrogens with zero attached hydrogens (tertiary/aromatic N) is 2. The highest BCUT2D eigenvalue weighted by Crippen LogP contribution is 2.00. The molecule has 2 atom stereocenters. The SMILES string of the molecule is CC(CS(C)=O)Nc1cnccn1. The Morgan fingerprint density at radius 2 is 2.38 bits per heavy atom. The second-order valence-electron chi connectivity index (χ2n) is 2.88. The first-order chi connectivity index (χ1) is 6.18. The molecule has 0 bridgehead atoms. The molecule has 1 aromatic rings. The largest absolute Gasteiger partial charge is 0.365 e. The van der Waals surface area contributed by atoms with Gasteiger partial charge in [-0.3, -0.25) is 9.19 Å². The van der Waals surface area contributed by atoms with Gasteiger partial charge < -0.3 is 5.32 Å². The minimum Gasteiger partial charge on any atom is -0.365 e. The average molecular weight is 199 g/mol. The minimum atomic E-state index is -0.780. The van der Waals surface area contributed by atoms with Gasteiger partial charge in [0.15, 0.2) is 0 Å². The van der Waals surface area contributed by atoms with Gasteiger partial charge >= 0.3 is 0 Å². The Balaban J connectivity index is 2.45. The number of rotatable bonds is 4. The summed E-state index contributed by atoms with van der Waals surface area (Å²) in [4.78, 5) is 7.97. The molecule has 5 heteroatoms. The molecule has 1 rings (SSSR count). The van der Waals surface area contributed by atoms with Crippen LogP contribution in [-0.4, -0.2) is 32.2 Å². The van der Waals surface area contributed by atoms with Crippen molar-refractivity contribution in [2.45, 2.75) is 13.0 Å². The van der Waals surface area contributed by atoms with Gasteiger partial charge in [0.2, 0.25) is 0 Å². The van der Waals surface area contributed by atoms with Crippen molar-refractivity contribution >= 4 is 16.6 Å². The molecule has 1 N–H and O–H groups in total. The van der Waals surface area contributed by atoms with Gasteiger partial charge in [0, 0.05) is 41.2 Å². The molecule has 4 nitrogen and oxygen atoms in total. The standard InChI is InChI=1S/C8H13N3OS/c1-7(6-13(2)12)11-8-5-9-3-4-10-8/h3-5,7H,6H2,1-2H3,(H,10,11). The highest BCUT2D eigenvalue weighted by Gasteiger charge is 2.03. The summed E-state index contributed by atoms with van der Waals surface area (Å²) in [7, 11) is -0.780. The van der Waals surface area contributed by atoms with Crippen LogP contribution < -0.4 is 5.32 Å². The van der Waals surface area contributed by atoms with E-state index in [2.05, 4.69) is 15.3 Å². The van der Waals surface area contributed by atoms with Gasteiger partial charge in [-0.2, -0.15) is 0 Å². The zero-order chi connectivity index (χ0) is 9.68. The van der Waals surface area contributed by atoms with Crippen molar-refractivity contribution in [2.24, 2.45) is 0 Å². The van der Waals surface area contributed by atoms with Crippen LogP contribution in [0.3, 0.4) is 0 Å². The van der Waals surface area contributed by atoms with E-state index in [1.165, 1.54) is 0 Å². The molecule has 0 aliphatic carbocycles. The van der Waals surface area contributed by atoms with E-state index < -0.39 is 10.8 Å². The van der Waals surface area contributed by atoms with Gasteiger partial charge in [-0.05, 0) is 6.92 Å². The number of nitrogens with one attached hydrogen (secondary N) is 1. The molecule has 0 spiro atoms. The third-order valence-electron chi connectivity index (χ3n) is 1.44. The number of hydrogen-bond donors (Lipinski definition) is 1. The van der Waals surface area contributed by atoms with E-state index in [0.717, 1.165) is 5.82 Å². The van der Waals surface area contributed by atoms with Crippen molar-refractivity contribution in [3.63, 3.8) is 0 Å². The van der Waals surface area contributed by atoms with Crippen LogP contribution in [0.4, 0.5) is 5.82 Å². The van der Waals surface area contributed by atoms with Crippen LogP contribution in [0.15, 0.2) is 18.6 Å². The minimum absolute atomic E-state index is 0.155. The van der Waals surface area contributed by atoms with E-state index in [4.69, 9.17) is 0 Å². The molecule has 1 heterocycles. The summed E-state index contributed by atoms with van der Waals surface area (Å²) < 4.78 is 10.9. The van der Waals surface area contributed by atoms with Crippen LogP contribution in [0.5, 0.6) is 0 Å². The molecule has 0 saturated carbocycles. The molecular formula is C8H13N3OS. The fraction of sp³-hybridized carbons (Fsp3) is 0.500. The van der Waals surface area contributed by atoms with Crippen molar-refractivity contribution < 1.29 is 4.21 Å².